The van der Waals surface area contributed by atoms with Gasteiger partial charge in [-0.3, -0.25) is 24.0 Å². The first kappa shape index (κ1) is 101. The Hall–Kier alpha value is -13.7. The van der Waals surface area contributed by atoms with E-state index >= 15 is 0 Å². The molecule has 0 bridgehead atoms. The molecule has 142 heavy (non-hydrogen) atoms. The second-order valence-corrected chi connectivity index (χ2v) is 39.4. The van der Waals surface area contributed by atoms with Crippen molar-refractivity contribution in [1.29, 1.82) is 0 Å². The van der Waals surface area contributed by atoms with Crippen LogP contribution < -0.4 is 26.6 Å². The van der Waals surface area contributed by atoms with Crippen LogP contribution in [-0.4, -0.2) is 233 Å². The molecule has 0 radical (unpaired) electrons. The highest BCUT2D eigenvalue weighted by molar-refractivity contribution is 7.20. The average Bonchev–Trinajstić information content (AvgIpc) is 1.63. The number of rotatable bonds is 30. The number of methoxy groups -OCH3 is 1. The van der Waals surface area contributed by atoms with E-state index in [0.29, 0.717) is 82.9 Å². The van der Waals surface area contributed by atoms with Gasteiger partial charge in [0.15, 0.2) is 0 Å². The summed E-state index contributed by atoms with van der Waals surface area (Å²) in [5, 5.41) is 71.0. The number of amides is 5. The zero-order valence-electron chi connectivity index (χ0n) is 78.2. The van der Waals surface area contributed by atoms with E-state index in [4.69, 9.17) is 21.1 Å². The number of carbonyl (C=O) groups is 6. The summed E-state index contributed by atoms with van der Waals surface area (Å²) in [5.41, 5.74) is 10.4. The Balaban J connectivity index is 0.000000128. The van der Waals surface area contributed by atoms with Gasteiger partial charge in [-0.2, -0.15) is 0 Å². The molecule has 0 spiro atoms. The minimum absolute atomic E-state index is 0.000499. The Morgan fingerprint density at radius 1 is 0.394 bits per heavy atom. The van der Waals surface area contributed by atoms with Crippen LogP contribution in [0.3, 0.4) is 0 Å². The van der Waals surface area contributed by atoms with Crippen molar-refractivity contribution in [1.82, 2.24) is 79.2 Å². The molecule has 5 aliphatic rings. The fourth-order valence-electron chi connectivity index (χ4n) is 17.3. The molecule has 10 N–H and O–H groups in total. The van der Waals surface area contributed by atoms with E-state index in [9.17, 15) is 54.3 Å². The number of thiophene rings is 5. The molecule has 20 rings (SSSR count). The number of likely N-dealkylation sites (N-methyl/N-ethyl adjacent to an activating group) is 1. The summed E-state index contributed by atoms with van der Waals surface area (Å²) < 4.78 is 9.80. The van der Waals surface area contributed by atoms with Crippen molar-refractivity contribution in [3.05, 3.63) is 300 Å². The highest BCUT2D eigenvalue weighted by atomic mass is 35.5. The number of aliphatic hydroxyl groups is 5. The number of alkyl halides is 1. The number of hydrogen-bond donors (Lipinski definition) is 10. The van der Waals surface area contributed by atoms with E-state index in [1.807, 2.05) is 187 Å². The van der Waals surface area contributed by atoms with E-state index < -0.39 is 5.97 Å². The summed E-state index contributed by atoms with van der Waals surface area (Å²) in [4.78, 5) is 138. The molecule has 34 nitrogen and oxygen atoms in total. The Kier molecular flexibility index (Phi) is 34.4. The van der Waals surface area contributed by atoms with Crippen molar-refractivity contribution in [2.45, 2.75) is 102 Å². The van der Waals surface area contributed by atoms with Gasteiger partial charge in [0.1, 0.15) is 97.4 Å². The molecule has 0 fully saturated rings. The molecule has 5 atom stereocenters. The molecule has 5 aromatic carbocycles. The molecule has 0 aliphatic carbocycles. The van der Waals surface area contributed by atoms with Gasteiger partial charge in [0.2, 0.25) is 29.5 Å². The number of halogens is 1. The lowest BCUT2D eigenvalue weighted by atomic mass is 10.0. The maximum Gasteiger partial charge on any atom is 0.330 e. The van der Waals surface area contributed by atoms with Crippen LogP contribution in [0, 0.1) is 0 Å². The van der Waals surface area contributed by atoms with Gasteiger partial charge in [-0.1, -0.05) is 164 Å². The van der Waals surface area contributed by atoms with Crippen molar-refractivity contribution >= 4 is 184 Å². The number of aromatic nitrogens is 10. The molecule has 0 saturated heterocycles. The number of ether oxygens (including phenoxy) is 2. The number of carbonyl (C=O) groups excluding carboxylic acids is 6. The van der Waals surface area contributed by atoms with Crippen LogP contribution in [0.25, 0.3) is 51.1 Å². The Labute approximate surface area is 843 Å². The predicted molar refractivity (Wildman–Crippen MR) is 554 cm³/mol. The lowest BCUT2D eigenvalue weighted by Gasteiger charge is -2.27. The minimum atomic E-state index is -0.536. The van der Waals surface area contributed by atoms with Gasteiger partial charge in [-0.15, -0.1) is 68.3 Å². The molecule has 5 amide bonds. The number of fused-ring (bicyclic) bond motifs is 15. The third kappa shape index (κ3) is 23.7. The maximum absolute atomic E-state index is 12.6. The van der Waals surface area contributed by atoms with Gasteiger partial charge in [0.05, 0.1) is 130 Å². The van der Waals surface area contributed by atoms with Crippen LogP contribution in [0.1, 0.15) is 117 Å². The van der Waals surface area contributed by atoms with Gasteiger partial charge in [0.25, 0.3) is 0 Å². The van der Waals surface area contributed by atoms with E-state index in [-0.39, 0.29) is 112 Å². The Morgan fingerprint density at radius 3 is 0.958 bits per heavy atom. The number of nitrogens with zero attached hydrogens (tertiary/aromatic N) is 16. The second kappa shape index (κ2) is 48.2. The molecule has 15 aromatic rings. The quantitative estimate of drug-likeness (QED) is 0.0114. The van der Waals surface area contributed by atoms with Crippen molar-refractivity contribution in [3.8, 4) is 0 Å². The van der Waals surface area contributed by atoms with Crippen molar-refractivity contribution < 1.29 is 63.8 Å². The molecular weight excluding hydrogens is 1920 g/mol. The standard InChI is InChI=1S/C22H25N5O2S.C22H22N4O4S.C20H22N4O3S.C19H19ClN4O2S.C19H18N4O2S/c1-26(2)10-6-9-19(29)27-11-16-18(12-27)30-22-20(16)21(23-14-24-22)25-17(13-28)15-7-4-3-5-8-15;1-2-30-19(29)9-8-18(28)26-10-15-17(11-26)31-22-20(15)21(23-13-24-22)25-16(12-27)14-6-4-3-5-7-14;1-27-11-17(26)24-8-7-14-16(9-24)28-20-18(14)19(21-12-22-20)23-15(10-25)13-5-3-2-4-6-13;20-8-16(26)24-7-6-13-15(9-24)27-19-17(13)18(21-11-22-19)23-14(10-25)12-4-2-1-3-5-12;1-2-16(25)23-8-13-15(9-23)26-19-17(13)18(20-11-21-19)22-14(10-24)12-6-4-3-5-7-12/h3-9,14,17,28H,10-13H2,1-2H3,(H,23,24,25);3-9,13,16,27H,2,10-12H2,1H3,(H,23,24,25);2-6,12,15,25H,7-11H2,1H3,(H,21,22,23);1-5,11,14,25H,6-10H2,(H,21,22,23);2-7,11,14,24H,1,8-10H2,(H,20,21,22)/b9-6+;9-8+;;;/t17-;16-;15-;2*14-/m11111/s1. The number of benzene rings is 5. The first-order valence-corrected chi connectivity index (χ1v) is 50.5. The number of nitrogens with one attached hydrogen (secondary N) is 5. The summed E-state index contributed by atoms with van der Waals surface area (Å²) in [6.07, 6.45) is 16.4. The van der Waals surface area contributed by atoms with Crippen molar-refractivity contribution in [2.75, 3.05) is 120 Å². The lowest BCUT2D eigenvalue weighted by molar-refractivity contribution is -0.138. The highest BCUT2D eigenvalue weighted by Gasteiger charge is 2.35. The molecule has 0 saturated carbocycles. The summed E-state index contributed by atoms with van der Waals surface area (Å²) in [6, 6.07) is 47.5. The minimum Gasteiger partial charge on any atom is -0.463 e. The number of anilines is 5. The van der Waals surface area contributed by atoms with Gasteiger partial charge in [-0.05, 0) is 78.9 Å². The van der Waals surface area contributed by atoms with Crippen molar-refractivity contribution in [2.24, 2.45) is 0 Å². The Morgan fingerprint density at radius 2 is 0.676 bits per heavy atom. The van der Waals surface area contributed by atoms with E-state index in [0.717, 1.165) is 157 Å². The number of hydrogen-bond acceptors (Lipinski definition) is 34. The third-order valence-electron chi connectivity index (χ3n) is 24.4. The third-order valence-corrected chi connectivity index (χ3v) is 30.2. The van der Waals surface area contributed by atoms with Gasteiger partial charge in [-0.25, -0.2) is 54.6 Å². The summed E-state index contributed by atoms with van der Waals surface area (Å²) in [6.45, 7) is 11.6. The average molecular weight is 2030 g/mol. The zero-order valence-corrected chi connectivity index (χ0v) is 83.1. The molecule has 0 unspecified atom stereocenters. The summed E-state index contributed by atoms with van der Waals surface area (Å²) in [7, 11) is 5.47. The van der Waals surface area contributed by atoms with Crippen LogP contribution in [0.4, 0.5) is 29.1 Å². The number of aliphatic hydroxyl groups excluding tert-OH is 5. The Bertz CT molecular complexity index is 7030. The smallest absolute Gasteiger partial charge is 0.330 e. The normalized spacial score (nSPS) is 14.5. The molecule has 734 valence electrons. The fourth-order valence-corrected chi connectivity index (χ4v) is 23.4. The lowest BCUT2D eigenvalue weighted by Crippen LogP contribution is -2.37. The van der Waals surface area contributed by atoms with Crippen LogP contribution in [0.5, 0.6) is 0 Å². The molecule has 5 aliphatic heterocycles. The maximum atomic E-state index is 12.6. The zero-order chi connectivity index (χ0) is 99.3. The highest BCUT2D eigenvalue weighted by Crippen LogP contribution is 2.46. The monoisotopic (exact) mass is 2030 g/mol. The molecule has 10 aromatic heterocycles. The van der Waals surface area contributed by atoms with Crippen LogP contribution in [0.15, 0.2) is 220 Å². The van der Waals surface area contributed by atoms with Crippen LogP contribution >= 0.6 is 68.3 Å². The van der Waals surface area contributed by atoms with E-state index in [1.165, 1.54) is 60.7 Å². The van der Waals surface area contributed by atoms with Gasteiger partial charge < -0.3 is 91.0 Å². The fraction of sp³-hybridized carbons (Fsp3) is 0.294. The molecule has 40 heteroatoms. The van der Waals surface area contributed by atoms with Gasteiger partial charge >= 0.3 is 5.97 Å². The van der Waals surface area contributed by atoms with E-state index in [2.05, 4.69) is 83.0 Å². The molecular formula is C102H106ClN21O13S5. The first-order chi connectivity index (χ1) is 69.3. The van der Waals surface area contributed by atoms with Crippen molar-refractivity contribution in [3.63, 3.8) is 0 Å². The summed E-state index contributed by atoms with van der Waals surface area (Å²) >= 11 is 13.6. The molecule has 15 heterocycles. The topological polar surface area (TPSA) is 431 Å². The van der Waals surface area contributed by atoms with Gasteiger partial charge in [0, 0.05) is 106 Å². The van der Waals surface area contributed by atoms with E-state index in [1.54, 1.807) is 85.7 Å². The second-order valence-electron chi connectivity index (χ2n) is 33.7. The predicted octanol–water partition coefficient (Wildman–Crippen LogP) is 13.8. The largest absolute Gasteiger partial charge is 0.463 e. The van der Waals surface area contributed by atoms with Crippen LogP contribution in [0.2, 0.25) is 0 Å². The SMILES string of the molecule is C=CC(=O)N1Cc2sc3ncnc(N[C@H](CO)c4ccccc4)c3c2C1.CCOC(=O)/C=C/C(=O)N1Cc2sc3ncnc(N[C@H](CO)c4ccccc4)c3c2C1.CN(C)C/C=C/C(=O)N1Cc2sc3ncnc(N[C@H](CO)c4ccccc4)c3c2C1.COCC(=O)N1CCc2c(sc3ncnc(N[C@H](CO)c4ccccc4)c23)C1.O=C(CCl)N1CCc2c(sc3ncnc(N[C@H](CO)c4ccccc4)c23)C1. The first-order valence-electron chi connectivity index (χ1n) is 45.9. The number of esters is 1. The van der Waals surface area contributed by atoms with Crippen LogP contribution in [-0.2, 0) is 103 Å². The summed E-state index contributed by atoms with van der Waals surface area (Å²) in [5.74, 6) is 2.54.